The quantitative estimate of drug-likeness (QED) is 0.873. The van der Waals surface area contributed by atoms with E-state index in [1.165, 1.54) is 11.3 Å². The molecule has 0 atom stereocenters. The lowest BCUT2D eigenvalue weighted by Gasteiger charge is -2.22. The van der Waals surface area contributed by atoms with Crippen LogP contribution in [-0.4, -0.2) is 38.7 Å². The summed E-state index contributed by atoms with van der Waals surface area (Å²) in [5, 5.41) is 14.7. The Balaban J connectivity index is 2.08. The zero-order chi connectivity index (χ0) is 13.8. The maximum atomic E-state index is 10.8. The second kappa shape index (κ2) is 5.94. The second-order valence-corrected chi connectivity index (χ2v) is 5.33. The van der Waals surface area contributed by atoms with Gasteiger partial charge in [0.1, 0.15) is 0 Å². The first-order valence-electron chi connectivity index (χ1n) is 5.88. The van der Waals surface area contributed by atoms with Gasteiger partial charge >= 0.3 is 5.97 Å². The van der Waals surface area contributed by atoms with E-state index in [1.54, 1.807) is 4.90 Å². The SMILES string of the molecule is CC(C)N(CC(=O)O)Cc1nc(-c2cccs2)no1. The Labute approximate surface area is 114 Å². The first-order chi connectivity index (χ1) is 9.06. The molecule has 2 aromatic heterocycles. The van der Waals surface area contributed by atoms with Crippen molar-refractivity contribution in [2.45, 2.75) is 26.4 Å². The van der Waals surface area contributed by atoms with Crippen LogP contribution in [0.4, 0.5) is 0 Å². The van der Waals surface area contributed by atoms with Crippen LogP contribution in [-0.2, 0) is 11.3 Å². The Morgan fingerprint density at radius 1 is 1.58 bits per heavy atom. The Hall–Kier alpha value is -1.73. The zero-order valence-corrected chi connectivity index (χ0v) is 11.6. The summed E-state index contributed by atoms with van der Waals surface area (Å²) in [5.41, 5.74) is 0. The Bertz CT molecular complexity index is 536. The molecule has 0 fully saturated rings. The molecule has 0 bridgehead atoms. The number of nitrogens with zero attached hydrogens (tertiary/aromatic N) is 3. The van der Waals surface area contributed by atoms with Crippen molar-refractivity contribution in [1.29, 1.82) is 0 Å². The van der Waals surface area contributed by atoms with Crippen molar-refractivity contribution >= 4 is 17.3 Å². The topological polar surface area (TPSA) is 79.5 Å². The van der Waals surface area contributed by atoms with Gasteiger partial charge in [-0.3, -0.25) is 9.69 Å². The summed E-state index contributed by atoms with van der Waals surface area (Å²) in [6.07, 6.45) is 0. The number of aliphatic carboxylic acids is 1. The van der Waals surface area contributed by atoms with Gasteiger partial charge in [-0.1, -0.05) is 11.2 Å². The molecule has 0 aliphatic rings. The number of carboxylic acid groups (broad SMARTS) is 1. The van der Waals surface area contributed by atoms with Gasteiger partial charge in [0, 0.05) is 6.04 Å². The van der Waals surface area contributed by atoms with E-state index in [0.717, 1.165) is 4.88 Å². The van der Waals surface area contributed by atoms with Gasteiger partial charge in [0.05, 0.1) is 18.0 Å². The van der Waals surface area contributed by atoms with Gasteiger partial charge in [-0.2, -0.15) is 4.98 Å². The molecule has 0 saturated heterocycles. The Kier molecular flexibility index (Phi) is 4.28. The van der Waals surface area contributed by atoms with Gasteiger partial charge in [-0.25, -0.2) is 0 Å². The average Bonchev–Trinajstić information content (AvgIpc) is 2.97. The number of thiophene rings is 1. The lowest BCUT2D eigenvalue weighted by molar-refractivity contribution is -0.139. The highest BCUT2D eigenvalue weighted by Crippen LogP contribution is 2.21. The van der Waals surface area contributed by atoms with Gasteiger partial charge in [-0.15, -0.1) is 11.3 Å². The van der Waals surface area contributed by atoms with Crippen LogP contribution in [0.25, 0.3) is 10.7 Å². The number of carboxylic acids is 1. The van der Waals surface area contributed by atoms with Crippen LogP contribution >= 0.6 is 11.3 Å². The van der Waals surface area contributed by atoms with Gasteiger partial charge in [0.15, 0.2) is 0 Å². The molecule has 0 aliphatic heterocycles. The zero-order valence-electron chi connectivity index (χ0n) is 10.7. The van der Waals surface area contributed by atoms with Gasteiger partial charge in [0.2, 0.25) is 11.7 Å². The minimum atomic E-state index is -0.869. The molecule has 0 amide bonds. The molecule has 102 valence electrons. The summed E-state index contributed by atoms with van der Waals surface area (Å²) in [6, 6.07) is 3.92. The lowest BCUT2D eigenvalue weighted by atomic mass is 10.3. The third kappa shape index (κ3) is 3.62. The van der Waals surface area contributed by atoms with E-state index in [-0.39, 0.29) is 12.6 Å². The fourth-order valence-corrected chi connectivity index (χ4v) is 2.24. The minimum Gasteiger partial charge on any atom is -0.480 e. The van der Waals surface area contributed by atoms with Crippen LogP contribution in [0, 0.1) is 0 Å². The molecule has 0 aliphatic carbocycles. The molecule has 0 saturated carbocycles. The first-order valence-corrected chi connectivity index (χ1v) is 6.76. The summed E-state index contributed by atoms with van der Waals surface area (Å²) >= 11 is 1.53. The molecule has 1 N–H and O–H groups in total. The Morgan fingerprint density at radius 2 is 2.37 bits per heavy atom. The van der Waals surface area contributed by atoms with Gasteiger partial charge < -0.3 is 9.63 Å². The summed E-state index contributed by atoms with van der Waals surface area (Å²) < 4.78 is 5.16. The standard InChI is InChI=1S/C12H15N3O3S/c1-8(2)15(7-11(16)17)6-10-13-12(14-18-10)9-4-3-5-19-9/h3-5,8H,6-7H2,1-2H3,(H,16,17). The van der Waals surface area contributed by atoms with Crippen LogP contribution in [0.5, 0.6) is 0 Å². The summed E-state index contributed by atoms with van der Waals surface area (Å²) in [4.78, 5) is 17.8. The van der Waals surface area contributed by atoms with E-state index < -0.39 is 5.97 Å². The normalized spacial score (nSPS) is 11.4. The second-order valence-electron chi connectivity index (χ2n) is 4.38. The summed E-state index contributed by atoms with van der Waals surface area (Å²) in [5.74, 6) is 0.106. The molecule has 6 nitrogen and oxygen atoms in total. The molecule has 2 heterocycles. The third-order valence-corrected chi connectivity index (χ3v) is 3.48. The smallest absolute Gasteiger partial charge is 0.317 e. The van der Waals surface area contributed by atoms with E-state index in [2.05, 4.69) is 10.1 Å². The number of carbonyl (C=O) groups is 1. The monoisotopic (exact) mass is 281 g/mol. The Morgan fingerprint density at radius 3 is 2.95 bits per heavy atom. The van der Waals surface area contributed by atoms with Gasteiger partial charge in [0.25, 0.3) is 0 Å². The number of hydrogen-bond acceptors (Lipinski definition) is 6. The fraction of sp³-hybridized carbons (Fsp3) is 0.417. The maximum Gasteiger partial charge on any atom is 0.317 e. The van der Waals surface area contributed by atoms with Crippen molar-refractivity contribution in [2.75, 3.05) is 6.54 Å². The highest BCUT2D eigenvalue weighted by atomic mass is 32.1. The van der Waals surface area contributed by atoms with Crippen molar-refractivity contribution < 1.29 is 14.4 Å². The number of aromatic nitrogens is 2. The maximum absolute atomic E-state index is 10.8. The van der Waals surface area contributed by atoms with E-state index >= 15 is 0 Å². The van der Waals surface area contributed by atoms with E-state index in [1.807, 2.05) is 31.4 Å². The van der Waals surface area contributed by atoms with Crippen LogP contribution in [0.3, 0.4) is 0 Å². The van der Waals surface area contributed by atoms with E-state index in [0.29, 0.717) is 18.3 Å². The first kappa shape index (κ1) is 13.7. The average molecular weight is 281 g/mol. The predicted octanol–water partition coefficient (Wildman–Crippen LogP) is 2.09. The molecule has 0 unspecified atom stereocenters. The molecule has 2 rings (SSSR count). The number of rotatable bonds is 6. The molecule has 19 heavy (non-hydrogen) atoms. The molecule has 0 spiro atoms. The highest BCUT2D eigenvalue weighted by Gasteiger charge is 2.18. The molecule has 2 aromatic rings. The fourth-order valence-electron chi connectivity index (χ4n) is 1.59. The summed E-state index contributed by atoms with van der Waals surface area (Å²) in [7, 11) is 0. The molecular weight excluding hydrogens is 266 g/mol. The molecule has 7 heteroatoms. The van der Waals surface area contributed by atoms with Crippen molar-refractivity contribution in [3.63, 3.8) is 0 Å². The predicted molar refractivity (Wildman–Crippen MR) is 70.8 cm³/mol. The lowest BCUT2D eigenvalue weighted by Crippen LogP contribution is -2.35. The van der Waals surface area contributed by atoms with Crippen LogP contribution in [0.15, 0.2) is 22.0 Å². The third-order valence-electron chi connectivity index (χ3n) is 2.62. The molecule has 0 aromatic carbocycles. The summed E-state index contributed by atoms with van der Waals surface area (Å²) in [6.45, 7) is 4.15. The van der Waals surface area contributed by atoms with E-state index in [4.69, 9.17) is 9.63 Å². The van der Waals surface area contributed by atoms with Crippen molar-refractivity contribution in [3.05, 3.63) is 23.4 Å². The van der Waals surface area contributed by atoms with Crippen LogP contribution < -0.4 is 0 Å². The highest BCUT2D eigenvalue weighted by molar-refractivity contribution is 7.13. The van der Waals surface area contributed by atoms with Crippen molar-refractivity contribution in [1.82, 2.24) is 15.0 Å². The minimum absolute atomic E-state index is 0.0472. The molecule has 0 radical (unpaired) electrons. The van der Waals surface area contributed by atoms with Crippen LogP contribution in [0.1, 0.15) is 19.7 Å². The largest absolute Gasteiger partial charge is 0.480 e. The number of hydrogen-bond donors (Lipinski definition) is 1. The molecular formula is C12H15N3O3S. The van der Waals surface area contributed by atoms with Crippen molar-refractivity contribution in [2.24, 2.45) is 0 Å². The van der Waals surface area contributed by atoms with E-state index in [9.17, 15) is 4.79 Å². The van der Waals surface area contributed by atoms with Crippen molar-refractivity contribution in [3.8, 4) is 10.7 Å². The van der Waals surface area contributed by atoms with Gasteiger partial charge in [-0.05, 0) is 25.3 Å². The van der Waals surface area contributed by atoms with Crippen LogP contribution in [0.2, 0.25) is 0 Å².